The Labute approximate surface area is 135 Å². The zero-order chi connectivity index (χ0) is 16.1. The van der Waals surface area contributed by atoms with Crippen molar-refractivity contribution in [2.24, 2.45) is 0 Å². The highest BCUT2D eigenvalue weighted by molar-refractivity contribution is 7.11. The van der Waals surface area contributed by atoms with Gasteiger partial charge in [0.2, 0.25) is 5.91 Å². The number of carbonyl (C=O) groups is 1. The summed E-state index contributed by atoms with van der Waals surface area (Å²) in [5, 5.41) is 4.10. The molecule has 0 saturated heterocycles. The second kappa shape index (κ2) is 7.54. The van der Waals surface area contributed by atoms with Gasteiger partial charge in [0.1, 0.15) is 10.8 Å². The van der Waals surface area contributed by atoms with Crippen molar-refractivity contribution in [2.45, 2.75) is 59.5 Å². The van der Waals surface area contributed by atoms with Crippen molar-refractivity contribution in [1.82, 2.24) is 19.9 Å². The van der Waals surface area contributed by atoms with E-state index in [0.717, 1.165) is 29.4 Å². The highest BCUT2D eigenvalue weighted by Crippen LogP contribution is 2.24. The summed E-state index contributed by atoms with van der Waals surface area (Å²) < 4.78 is 2.04. The number of aromatic nitrogens is 3. The third-order valence-corrected chi connectivity index (χ3v) is 4.97. The Hall–Kier alpha value is -1.69. The normalized spacial score (nSPS) is 12.4. The fraction of sp³-hybridized carbons (Fsp3) is 0.562. The van der Waals surface area contributed by atoms with Crippen LogP contribution in [0, 0.1) is 13.8 Å². The minimum absolute atomic E-state index is 0.0123. The van der Waals surface area contributed by atoms with Crippen molar-refractivity contribution in [1.29, 1.82) is 0 Å². The monoisotopic (exact) mass is 320 g/mol. The second-order valence-electron chi connectivity index (χ2n) is 5.36. The number of aryl methyl sites for hydroxylation is 4. The molecular formula is C16H24N4OS. The third kappa shape index (κ3) is 3.94. The van der Waals surface area contributed by atoms with Crippen LogP contribution < -0.4 is 5.32 Å². The summed E-state index contributed by atoms with van der Waals surface area (Å²) in [6, 6.07) is 0.0123. The van der Waals surface area contributed by atoms with Gasteiger partial charge >= 0.3 is 0 Å². The van der Waals surface area contributed by atoms with Gasteiger partial charge in [0.05, 0.1) is 11.7 Å². The number of nitrogens with one attached hydrogen (secondary N) is 1. The van der Waals surface area contributed by atoms with Gasteiger partial charge in [-0.05, 0) is 20.3 Å². The van der Waals surface area contributed by atoms with Crippen molar-refractivity contribution in [3.8, 4) is 0 Å². The predicted octanol–water partition coefficient (Wildman–Crippen LogP) is 3.18. The molecule has 0 aliphatic carbocycles. The minimum Gasteiger partial charge on any atom is -0.347 e. The summed E-state index contributed by atoms with van der Waals surface area (Å²) in [6.07, 6.45) is 5.90. The molecule has 1 N–H and O–H groups in total. The first-order valence-corrected chi connectivity index (χ1v) is 8.60. The molecule has 0 radical (unpaired) electrons. The highest BCUT2D eigenvalue weighted by atomic mass is 32.1. The molecule has 2 heterocycles. The maximum absolute atomic E-state index is 12.2. The summed E-state index contributed by atoms with van der Waals surface area (Å²) >= 11 is 1.67. The Balaban J connectivity index is 1.92. The first-order chi connectivity index (χ1) is 10.5. The maximum atomic E-state index is 12.2. The van der Waals surface area contributed by atoms with Crippen LogP contribution in [0.1, 0.15) is 54.1 Å². The van der Waals surface area contributed by atoms with Gasteiger partial charge in [-0.15, -0.1) is 11.3 Å². The van der Waals surface area contributed by atoms with Crippen molar-refractivity contribution in [3.63, 3.8) is 0 Å². The smallest absolute Gasteiger partial charge is 0.222 e. The Kier molecular flexibility index (Phi) is 5.71. The van der Waals surface area contributed by atoms with Crippen LogP contribution in [0.5, 0.6) is 0 Å². The van der Waals surface area contributed by atoms with E-state index in [1.54, 1.807) is 17.5 Å². The van der Waals surface area contributed by atoms with Gasteiger partial charge in [-0.2, -0.15) is 0 Å². The molecule has 1 atom stereocenters. The molecule has 0 spiro atoms. The molecule has 0 fully saturated rings. The molecule has 6 heteroatoms. The molecular weight excluding hydrogens is 296 g/mol. The average molecular weight is 320 g/mol. The number of imidazole rings is 1. The average Bonchev–Trinajstić information content (AvgIpc) is 3.09. The first kappa shape index (κ1) is 16.7. The van der Waals surface area contributed by atoms with Gasteiger partial charge in [0.15, 0.2) is 0 Å². The molecule has 2 aromatic rings. The van der Waals surface area contributed by atoms with E-state index in [4.69, 9.17) is 0 Å². The second-order valence-corrected chi connectivity index (χ2v) is 6.60. The molecule has 5 nitrogen and oxygen atoms in total. The molecule has 0 aliphatic rings. The number of rotatable bonds is 7. The summed E-state index contributed by atoms with van der Waals surface area (Å²) in [7, 11) is 0. The lowest BCUT2D eigenvalue weighted by Gasteiger charge is -2.15. The molecule has 0 bridgehead atoms. The van der Waals surface area contributed by atoms with Gasteiger partial charge in [-0.3, -0.25) is 4.79 Å². The van der Waals surface area contributed by atoms with Gasteiger partial charge in [0.25, 0.3) is 0 Å². The summed E-state index contributed by atoms with van der Waals surface area (Å²) in [5.74, 6) is 1.08. The molecule has 120 valence electrons. The van der Waals surface area contributed by atoms with Crippen molar-refractivity contribution in [2.75, 3.05) is 0 Å². The van der Waals surface area contributed by atoms with E-state index in [1.165, 1.54) is 4.88 Å². The largest absolute Gasteiger partial charge is 0.347 e. The lowest BCUT2D eigenvalue weighted by atomic mass is 10.2. The van der Waals surface area contributed by atoms with Crippen molar-refractivity contribution >= 4 is 17.2 Å². The Morgan fingerprint density at radius 1 is 1.41 bits per heavy atom. The first-order valence-electron chi connectivity index (χ1n) is 7.78. The van der Waals surface area contributed by atoms with Crippen molar-refractivity contribution < 1.29 is 4.79 Å². The quantitative estimate of drug-likeness (QED) is 0.852. The zero-order valence-corrected chi connectivity index (χ0v) is 14.5. The number of hydrogen-bond acceptors (Lipinski definition) is 4. The number of carbonyl (C=O) groups excluding carboxylic acids is 1. The number of amides is 1. The van der Waals surface area contributed by atoms with Crippen LogP contribution in [0.2, 0.25) is 0 Å². The van der Waals surface area contributed by atoms with E-state index >= 15 is 0 Å². The Bertz CT molecular complexity index is 612. The zero-order valence-electron chi connectivity index (χ0n) is 13.7. The molecule has 22 heavy (non-hydrogen) atoms. The Morgan fingerprint density at radius 3 is 2.77 bits per heavy atom. The minimum atomic E-state index is 0.0123. The van der Waals surface area contributed by atoms with Crippen LogP contribution in [0.4, 0.5) is 0 Å². The summed E-state index contributed by atoms with van der Waals surface area (Å²) in [6.45, 7) is 8.88. The van der Waals surface area contributed by atoms with Crippen LogP contribution in [-0.4, -0.2) is 20.4 Å². The standard InChI is InChI=1S/C16H24N4OS/c1-5-13(16-18-11(3)12(4)22-16)19-15(21)7-9-20-10-8-17-14(20)6-2/h8,10,13H,5-7,9H2,1-4H3,(H,19,21)/t13-/m1/s1. The number of hydrogen-bond donors (Lipinski definition) is 1. The maximum Gasteiger partial charge on any atom is 0.222 e. The fourth-order valence-corrected chi connectivity index (χ4v) is 3.39. The van der Waals surface area contributed by atoms with Crippen LogP contribution in [0.3, 0.4) is 0 Å². The van der Waals surface area contributed by atoms with Crippen LogP contribution in [0.15, 0.2) is 12.4 Å². The van der Waals surface area contributed by atoms with E-state index in [1.807, 2.05) is 17.7 Å². The molecule has 0 unspecified atom stereocenters. The molecule has 2 aromatic heterocycles. The lowest BCUT2D eigenvalue weighted by molar-refractivity contribution is -0.122. The van der Waals surface area contributed by atoms with Crippen LogP contribution >= 0.6 is 11.3 Å². The summed E-state index contributed by atoms with van der Waals surface area (Å²) in [5.41, 5.74) is 1.05. The molecule has 0 aliphatic heterocycles. The Morgan fingerprint density at radius 2 is 2.18 bits per heavy atom. The van der Waals surface area contributed by atoms with Gasteiger partial charge in [-0.25, -0.2) is 9.97 Å². The van der Waals surface area contributed by atoms with E-state index in [0.29, 0.717) is 13.0 Å². The SMILES string of the molecule is CCc1nccn1CCC(=O)N[C@H](CC)c1nc(C)c(C)s1. The van der Waals surface area contributed by atoms with Gasteiger partial charge in [0, 0.05) is 36.7 Å². The highest BCUT2D eigenvalue weighted by Gasteiger charge is 2.17. The van der Waals surface area contributed by atoms with E-state index in [9.17, 15) is 4.79 Å². The van der Waals surface area contributed by atoms with Gasteiger partial charge in [-0.1, -0.05) is 13.8 Å². The van der Waals surface area contributed by atoms with E-state index < -0.39 is 0 Å². The number of thiazole rings is 1. The molecule has 0 aromatic carbocycles. The van der Waals surface area contributed by atoms with E-state index in [2.05, 4.69) is 36.1 Å². The molecule has 2 rings (SSSR count). The molecule has 1 amide bonds. The topological polar surface area (TPSA) is 59.8 Å². The lowest BCUT2D eigenvalue weighted by Crippen LogP contribution is -2.29. The fourth-order valence-electron chi connectivity index (χ4n) is 2.33. The predicted molar refractivity (Wildman–Crippen MR) is 89.0 cm³/mol. The van der Waals surface area contributed by atoms with Crippen LogP contribution in [-0.2, 0) is 17.8 Å². The van der Waals surface area contributed by atoms with Crippen molar-refractivity contribution in [3.05, 3.63) is 33.8 Å². The number of nitrogens with zero attached hydrogens (tertiary/aromatic N) is 3. The van der Waals surface area contributed by atoms with E-state index in [-0.39, 0.29) is 11.9 Å². The third-order valence-electron chi connectivity index (χ3n) is 3.78. The van der Waals surface area contributed by atoms with Gasteiger partial charge < -0.3 is 9.88 Å². The summed E-state index contributed by atoms with van der Waals surface area (Å²) in [4.78, 5) is 22.3. The molecule has 0 saturated carbocycles. The van der Waals surface area contributed by atoms with Crippen LogP contribution in [0.25, 0.3) is 0 Å².